The van der Waals surface area contributed by atoms with E-state index in [1.54, 1.807) is 6.92 Å². The molecule has 0 aliphatic heterocycles. The molecule has 0 saturated carbocycles. The average molecular weight is 529 g/mol. The number of aryl methyl sites for hydroxylation is 1. The van der Waals surface area contributed by atoms with Crippen LogP contribution in [-0.2, 0) is 26.2 Å². The van der Waals surface area contributed by atoms with Gasteiger partial charge in [0.15, 0.2) is 0 Å². The first-order chi connectivity index (χ1) is 16.1. The van der Waals surface area contributed by atoms with E-state index in [1.165, 1.54) is 31.2 Å². The van der Waals surface area contributed by atoms with Crippen molar-refractivity contribution >= 4 is 37.4 Å². The van der Waals surface area contributed by atoms with Crippen molar-refractivity contribution < 1.29 is 39.9 Å². The molecule has 0 aliphatic rings. The summed E-state index contributed by atoms with van der Waals surface area (Å²) in [6.07, 6.45) is -4.79. The van der Waals surface area contributed by atoms with E-state index in [1.807, 2.05) is 0 Å². The summed E-state index contributed by atoms with van der Waals surface area (Å²) in [5, 5.41) is 9.42. The molecule has 0 unspecified atom stereocenters. The summed E-state index contributed by atoms with van der Waals surface area (Å²) in [5.41, 5.74) is -1.60. The molecule has 0 aromatic heterocycles. The Morgan fingerprint density at radius 3 is 2.00 bits per heavy atom. The molecule has 0 aliphatic carbocycles. The first kappa shape index (κ1) is 26.0. The van der Waals surface area contributed by atoms with E-state index in [-0.39, 0.29) is 27.4 Å². The van der Waals surface area contributed by atoms with Crippen LogP contribution in [0.3, 0.4) is 0 Å². The Labute approximate surface area is 199 Å². The highest BCUT2D eigenvalue weighted by Gasteiger charge is 2.32. The summed E-state index contributed by atoms with van der Waals surface area (Å²) in [7, 11) is -8.92. The van der Waals surface area contributed by atoms with E-state index in [0.717, 1.165) is 29.8 Å². The molecule has 0 amide bonds. The van der Waals surface area contributed by atoms with Crippen LogP contribution in [0.5, 0.6) is 0 Å². The predicted octanol–water partition coefficient (Wildman–Crippen LogP) is 4.62. The molecule has 13 heteroatoms. The average Bonchev–Trinajstić information content (AvgIpc) is 2.75. The SMILES string of the molecule is Cc1ccc(S(=O)(=O)Nc2c(NS(=O)(=O)c3cccc(C(F)(F)F)c3)ccc(C(=O)O)c2C)cc1. The number of anilines is 2. The number of nitrogens with one attached hydrogen (secondary N) is 2. The number of hydrogen-bond donors (Lipinski definition) is 3. The number of aromatic carboxylic acids is 1. The standard InChI is InChI=1S/C22H19F3N2O6S2/c1-13-6-8-16(9-7-13)34(30,31)27-20-14(2)18(21(28)29)10-11-19(20)26-35(32,33)17-5-3-4-15(12-17)22(23,24)25/h3-12,26-27H,1-2H3,(H,28,29). The number of sulfonamides is 2. The summed E-state index contributed by atoms with van der Waals surface area (Å²) >= 11 is 0. The second kappa shape index (κ2) is 9.23. The zero-order valence-electron chi connectivity index (χ0n) is 18.2. The summed E-state index contributed by atoms with van der Waals surface area (Å²) < 4.78 is 95.0. The van der Waals surface area contributed by atoms with Gasteiger partial charge in [-0.25, -0.2) is 21.6 Å². The quantitative estimate of drug-likeness (QED) is 0.410. The Morgan fingerprint density at radius 2 is 1.43 bits per heavy atom. The van der Waals surface area contributed by atoms with Gasteiger partial charge in [-0.3, -0.25) is 9.44 Å². The number of carbonyl (C=O) groups is 1. The molecule has 35 heavy (non-hydrogen) atoms. The maximum absolute atomic E-state index is 13.0. The van der Waals surface area contributed by atoms with Crippen molar-refractivity contribution in [1.29, 1.82) is 0 Å². The number of carboxylic acid groups (broad SMARTS) is 1. The molecule has 186 valence electrons. The highest BCUT2D eigenvalue weighted by molar-refractivity contribution is 7.93. The highest BCUT2D eigenvalue weighted by Crippen LogP contribution is 2.34. The van der Waals surface area contributed by atoms with Gasteiger partial charge in [-0.1, -0.05) is 23.8 Å². The fraction of sp³-hybridized carbons (Fsp3) is 0.136. The van der Waals surface area contributed by atoms with Gasteiger partial charge in [0.2, 0.25) is 0 Å². The minimum absolute atomic E-state index is 0.113. The topological polar surface area (TPSA) is 130 Å². The Morgan fingerprint density at radius 1 is 0.829 bits per heavy atom. The van der Waals surface area contributed by atoms with Gasteiger partial charge in [0.05, 0.1) is 32.3 Å². The lowest BCUT2D eigenvalue weighted by Gasteiger charge is -2.18. The Hall–Kier alpha value is -3.58. The van der Waals surface area contributed by atoms with Crippen molar-refractivity contribution in [3.8, 4) is 0 Å². The van der Waals surface area contributed by atoms with E-state index in [9.17, 15) is 39.9 Å². The van der Waals surface area contributed by atoms with E-state index < -0.39 is 42.7 Å². The largest absolute Gasteiger partial charge is 0.478 e. The van der Waals surface area contributed by atoms with Gasteiger partial charge < -0.3 is 5.11 Å². The number of benzene rings is 3. The molecule has 3 aromatic rings. The van der Waals surface area contributed by atoms with Gasteiger partial charge in [0, 0.05) is 0 Å². The molecule has 3 aromatic carbocycles. The zero-order valence-corrected chi connectivity index (χ0v) is 19.8. The number of rotatable bonds is 7. The lowest BCUT2D eigenvalue weighted by Crippen LogP contribution is -2.20. The van der Waals surface area contributed by atoms with Gasteiger partial charge in [0.1, 0.15) is 0 Å². The minimum atomic E-state index is -4.79. The van der Waals surface area contributed by atoms with Crippen LogP contribution in [0, 0.1) is 13.8 Å². The third-order valence-electron chi connectivity index (χ3n) is 4.98. The molecule has 3 rings (SSSR count). The van der Waals surface area contributed by atoms with Gasteiger partial charge >= 0.3 is 12.1 Å². The molecule has 8 nitrogen and oxygen atoms in total. The molecule has 0 radical (unpaired) electrons. The normalized spacial score (nSPS) is 12.3. The number of hydrogen-bond acceptors (Lipinski definition) is 5. The maximum atomic E-state index is 13.0. The van der Waals surface area contributed by atoms with Gasteiger partial charge in [-0.2, -0.15) is 13.2 Å². The van der Waals surface area contributed by atoms with Gasteiger partial charge in [-0.05, 0) is 61.9 Å². The zero-order chi connectivity index (χ0) is 26.2. The van der Waals surface area contributed by atoms with Crippen LogP contribution in [0.2, 0.25) is 0 Å². The van der Waals surface area contributed by atoms with E-state index >= 15 is 0 Å². The van der Waals surface area contributed by atoms with E-state index in [2.05, 4.69) is 9.44 Å². The van der Waals surface area contributed by atoms with Crippen molar-refractivity contribution in [2.24, 2.45) is 0 Å². The summed E-state index contributed by atoms with van der Waals surface area (Å²) in [5.74, 6) is -1.40. The van der Waals surface area contributed by atoms with Crippen molar-refractivity contribution in [1.82, 2.24) is 0 Å². The second-order valence-electron chi connectivity index (χ2n) is 7.52. The fourth-order valence-corrected chi connectivity index (χ4v) is 5.38. The van der Waals surface area contributed by atoms with Crippen molar-refractivity contribution in [3.05, 3.63) is 82.9 Å². The molecular formula is C22H19F3N2O6S2. The number of carboxylic acids is 1. The molecule has 3 N–H and O–H groups in total. The van der Waals surface area contributed by atoms with Crippen LogP contribution in [0.4, 0.5) is 24.5 Å². The first-order valence-corrected chi connectivity index (χ1v) is 12.7. The smallest absolute Gasteiger partial charge is 0.416 e. The van der Waals surface area contributed by atoms with Crippen LogP contribution in [0.15, 0.2) is 70.5 Å². The van der Waals surface area contributed by atoms with Crippen LogP contribution >= 0.6 is 0 Å². The fourth-order valence-electron chi connectivity index (χ4n) is 3.11. The van der Waals surface area contributed by atoms with Gasteiger partial charge in [0.25, 0.3) is 20.0 Å². The highest BCUT2D eigenvalue weighted by atomic mass is 32.2. The minimum Gasteiger partial charge on any atom is -0.478 e. The molecular weight excluding hydrogens is 509 g/mol. The van der Waals surface area contributed by atoms with Gasteiger partial charge in [-0.15, -0.1) is 0 Å². The molecule has 0 spiro atoms. The first-order valence-electron chi connectivity index (χ1n) is 9.78. The summed E-state index contributed by atoms with van der Waals surface area (Å²) in [4.78, 5) is 10.7. The Bertz CT molecular complexity index is 1500. The van der Waals surface area contributed by atoms with Crippen molar-refractivity contribution in [2.75, 3.05) is 9.44 Å². The van der Waals surface area contributed by atoms with Crippen LogP contribution in [0.25, 0.3) is 0 Å². The Balaban J connectivity index is 2.10. The van der Waals surface area contributed by atoms with Crippen molar-refractivity contribution in [2.45, 2.75) is 29.8 Å². The van der Waals surface area contributed by atoms with E-state index in [0.29, 0.717) is 12.1 Å². The van der Waals surface area contributed by atoms with Crippen LogP contribution in [0.1, 0.15) is 27.0 Å². The second-order valence-corrected chi connectivity index (χ2v) is 10.9. The number of alkyl halides is 3. The molecule has 0 saturated heterocycles. The number of halogens is 3. The third kappa shape index (κ3) is 5.74. The monoisotopic (exact) mass is 528 g/mol. The third-order valence-corrected chi connectivity index (χ3v) is 7.71. The van der Waals surface area contributed by atoms with Crippen LogP contribution < -0.4 is 9.44 Å². The predicted molar refractivity (Wildman–Crippen MR) is 122 cm³/mol. The molecule has 0 fully saturated rings. The molecule has 0 atom stereocenters. The lowest BCUT2D eigenvalue weighted by atomic mass is 10.1. The summed E-state index contributed by atoms with van der Waals surface area (Å²) in [6, 6.07) is 10.7. The molecule has 0 bridgehead atoms. The Kier molecular flexibility index (Phi) is 6.86. The lowest BCUT2D eigenvalue weighted by molar-refractivity contribution is -0.137. The van der Waals surface area contributed by atoms with E-state index in [4.69, 9.17) is 0 Å². The summed E-state index contributed by atoms with van der Waals surface area (Å²) in [6.45, 7) is 3.00. The molecule has 0 heterocycles. The maximum Gasteiger partial charge on any atom is 0.416 e. The van der Waals surface area contributed by atoms with Crippen molar-refractivity contribution in [3.63, 3.8) is 0 Å². The van der Waals surface area contributed by atoms with Crippen LogP contribution in [-0.4, -0.2) is 27.9 Å².